The van der Waals surface area contributed by atoms with Crippen molar-refractivity contribution in [2.75, 3.05) is 13.7 Å². The molecule has 0 aliphatic heterocycles. The molecule has 0 radical (unpaired) electrons. The van der Waals surface area contributed by atoms with Gasteiger partial charge >= 0.3 is 5.97 Å². The molecule has 2 rings (SSSR count). The second-order valence-corrected chi connectivity index (χ2v) is 6.03. The molecule has 0 spiro atoms. The van der Waals surface area contributed by atoms with Crippen molar-refractivity contribution in [1.29, 1.82) is 0 Å². The van der Waals surface area contributed by atoms with Crippen molar-refractivity contribution >= 4 is 11.9 Å². The standard InChI is InChI=1S/C17H20FN3O4/c1-10-7-11(2)21(20-10)14-6-5-12(8-13(14)18)15(22)19-17(3,9-25-4)16(23)24/h5-8H,9H2,1-4H3,(H,19,22)(H,23,24). The third-order valence-corrected chi connectivity index (χ3v) is 3.74. The maximum Gasteiger partial charge on any atom is 0.331 e. The topological polar surface area (TPSA) is 93.5 Å². The van der Waals surface area contributed by atoms with Crippen LogP contribution in [0.4, 0.5) is 4.39 Å². The molecule has 1 aromatic heterocycles. The van der Waals surface area contributed by atoms with Gasteiger partial charge in [0.25, 0.3) is 5.91 Å². The second-order valence-electron chi connectivity index (χ2n) is 6.03. The molecular formula is C17H20FN3O4. The van der Waals surface area contributed by atoms with Crippen LogP contribution in [0.15, 0.2) is 24.3 Å². The minimum atomic E-state index is -1.61. The Morgan fingerprint density at radius 2 is 2.04 bits per heavy atom. The quantitative estimate of drug-likeness (QED) is 0.830. The van der Waals surface area contributed by atoms with Crippen LogP contribution in [0.2, 0.25) is 0 Å². The Morgan fingerprint density at radius 3 is 2.52 bits per heavy atom. The number of carbonyl (C=O) groups excluding carboxylic acids is 1. The maximum absolute atomic E-state index is 14.4. The molecule has 7 nitrogen and oxygen atoms in total. The summed E-state index contributed by atoms with van der Waals surface area (Å²) in [5.74, 6) is -2.59. The summed E-state index contributed by atoms with van der Waals surface area (Å²) in [4.78, 5) is 23.6. The van der Waals surface area contributed by atoms with Crippen molar-refractivity contribution < 1.29 is 23.8 Å². The van der Waals surface area contributed by atoms with Crippen LogP contribution in [-0.4, -0.2) is 46.0 Å². The highest BCUT2D eigenvalue weighted by molar-refractivity contribution is 5.98. The Bertz CT molecular complexity index is 818. The first kappa shape index (κ1) is 18.6. The molecule has 0 bridgehead atoms. The molecule has 0 fully saturated rings. The molecule has 1 aromatic carbocycles. The Labute approximate surface area is 144 Å². The lowest BCUT2D eigenvalue weighted by atomic mass is 10.0. The van der Waals surface area contributed by atoms with Crippen LogP contribution >= 0.6 is 0 Å². The number of nitrogens with zero attached hydrogens (tertiary/aromatic N) is 2. The molecular weight excluding hydrogens is 329 g/mol. The summed E-state index contributed by atoms with van der Waals surface area (Å²) in [7, 11) is 1.33. The second kappa shape index (κ2) is 7.02. The van der Waals surface area contributed by atoms with Crippen molar-refractivity contribution in [2.24, 2.45) is 0 Å². The number of aliphatic carboxylic acids is 1. The van der Waals surface area contributed by atoms with Gasteiger partial charge in [-0.3, -0.25) is 4.79 Å². The van der Waals surface area contributed by atoms with Crippen molar-refractivity contribution in [3.05, 3.63) is 47.0 Å². The summed E-state index contributed by atoms with van der Waals surface area (Å²) < 4.78 is 20.7. The van der Waals surface area contributed by atoms with Gasteiger partial charge in [0.1, 0.15) is 11.5 Å². The number of rotatable bonds is 6. The van der Waals surface area contributed by atoms with Gasteiger partial charge in [-0.05, 0) is 45.0 Å². The van der Waals surface area contributed by atoms with Crippen molar-refractivity contribution in [3.63, 3.8) is 0 Å². The highest BCUT2D eigenvalue weighted by atomic mass is 19.1. The minimum absolute atomic E-state index is 0.00589. The fraction of sp³-hybridized carbons (Fsp3) is 0.353. The van der Waals surface area contributed by atoms with Crippen LogP contribution in [0.25, 0.3) is 5.69 Å². The van der Waals surface area contributed by atoms with E-state index in [1.165, 1.54) is 30.8 Å². The summed E-state index contributed by atoms with van der Waals surface area (Å²) in [5.41, 5.74) is 0.102. The van der Waals surface area contributed by atoms with Gasteiger partial charge in [-0.15, -0.1) is 0 Å². The monoisotopic (exact) mass is 349 g/mol. The highest BCUT2D eigenvalue weighted by Crippen LogP contribution is 2.18. The van der Waals surface area contributed by atoms with E-state index in [4.69, 9.17) is 4.74 Å². The van der Waals surface area contributed by atoms with Crippen LogP contribution in [0.1, 0.15) is 28.7 Å². The van der Waals surface area contributed by atoms with Gasteiger partial charge in [0, 0.05) is 18.4 Å². The smallest absolute Gasteiger partial charge is 0.331 e. The third kappa shape index (κ3) is 3.85. The molecule has 1 amide bonds. The number of ether oxygens (including phenoxy) is 1. The minimum Gasteiger partial charge on any atom is -0.479 e. The molecule has 2 aromatic rings. The van der Waals surface area contributed by atoms with Gasteiger partial charge in [-0.2, -0.15) is 5.10 Å². The predicted octanol–water partition coefficient (Wildman–Crippen LogP) is 1.85. The Hall–Kier alpha value is -2.74. The first-order valence-corrected chi connectivity index (χ1v) is 7.56. The summed E-state index contributed by atoms with van der Waals surface area (Å²) in [6.45, 7) is 4.69. The Kier molecular flexibility index (Phi) is 5.22. The van der Waals surface area contributed by atoms with E-state index in [-0.39, 0.29) is 17.9 Å². The molecule has 0 saturated carbocycles. The van der Waals surface area contributed by atoms with Crippen LogP contribution in [-0.2, 0) is 9.53 Å². The third-order valence-electron chi connectivity index (χ3n) is 3.74. The average molecular weight is 349 g/mol. The molecule has 2 N–H and O–H groups in total. The van der Waals surface area contributed by atoms with Crippen molar-refractivity contribution in [3.8, 4) is 5.69 Å². The van der Waals surface area contributed by atoms with E-state index in [2.05, 4.69) is 10.4 Å². The number of carboxylic acids is 1. The molecule has 0 saturated heterocycles. The number of amides is 1. The van der Waals surface area contributed by atoms with Crippen LogP contribution in [0.5, 0.6) is 0 Å². The van der Waals surface area contributed by atoms with E-state index >= 15 is 0 Å². The molecule has 0 aliphatic rings. The first-order chi connectivity index (χ1) is 11.7. The summed E-state index contributed by atoms with van der Waals surface area (Å²) in [6, 6.07) is 5.71. The van der Waals surface area contributed by atoms with Gasteiger partial charge in [0.15, 0.2) is 5.54 Å². The lowest BCUT2D eigenvalue weighted by Gasteiger charge is -2.25. The largest absolute Gasteiger partial charge is 0.479 e. The van der Waals surface area contributed by atoms with Gasteiger partial charge < -0.3 is 15.2 Å². The van der Waals surface area contributed by atoms with E-state index < -0.39 is 23.2 Å². The molecule has 1 unspecified atom stereocenters. The van der Waals surface area contributed by atoms with E-state index in [0.29, 0.717) is 0 Å². The summed E-state index contributed by atoms with van der Waals surface area (Å²) in [6.07, 6.45) is 0. The van der Waals surface area contributed by atoms with Gasteiger partial charge in [0.2, 0.25) is 0 Å². The van der Waals surface area contributed by atoms with Crippen LogP contribution in [0.3, 0.4) is 0 Å². The molecule has 25 heavy (non-hydrogen) atoms. The highest BCUT2D eigenvalue weighted by Gasteiger charge is 2.35. The number of nitrogens with one attached hydrogen (secondary N) is 1. The molecule has 1 heterocycles. The fourth-order valence-corrected chi connectivity index (χ4v) is 2.46. The van der Waals surface area contributed by atoms with Crippen molar-refractivity contribution in [2.45, 2.75) is 26.3 Å². The van der Waals surface area contributed by atoms with Gasteiger partial charge in [-0.25, -0.2) is 13.9 Å². The fourth-order valence-electron chi connectivity index (χ4n) is 2.46. The van der Waals surface area contributed by atoms with E-state index in [1.807, 2.05) is 6.07 Å². The normalized spacial score (nSPS) is 13.3. The number of carboxylic acid groups (broad SMARTS) is 1. The van der Waals surface area contributed by atoms with Crippen LogP contribution in [0, 0.1) is 19.7 Å². The number of hydrogen-bond acceptors (Lipinski definition) is 4. The number of carbonyl (C=O) groups is 2. The lowest BCUT2D eigenvalue weighted by molar-refractivity contribution is -0.145. The zero-order chi connectivity index (χ0) is 18.8. The van der Waals surface area contributed by atoms with E-state index in [0.717, 1.165) is 17.5 Å². The zero-order valence-electron chi connectivity index (χ0n) is 14.5. The van der Waals surface area contributed by atoms with Gasteiger partial charge in [-0.1, -0.05) is 0 Å². The number of hydrogen-bond donors (Lipinski definition) is 2. The number of aryl methyl sites for hydroxylation is 2. The number of methoxy groups -OCH3 is 1. The van der Waals surface area contributed by atoms with Gasteiger partial charge in [0.05, 0.1) is 12.3 Å². The summed E-state index contributed by atoms with van der Waals surface area (Å²) in [5, 5.41) is 15.8. The Morgan fingerprint density at radius 1 is 1.36 bits per heavy atom. The number of halogens is 1. The zero-order valence-corrected chi connectivity index (χ0v) is 14.5. The molecule has 134 valence electrons. The molecule has 0 aliphatic carbocycles. The number of benzene rings is 1. The van der Waals surface area contributed by atoms with Crippen LogP contribution < -0.4 is 5.32 Å². The predicted molar refractivity (Wildman–Crippen MR) is 88.4 cm³/mol. The van der Waals surface area contributed by atoms with E-state index in [1.54, 1.807) is 13.8 Å². The molecule has 8 heteroatoms. The molecule has 1 atom stereocenters. The number of aromatic nitrogens is 2. The van der Waals surface area contributed by atoms with Crippen molar-refractivity contribution in [1.82, 2.24) is 15.1 Å². The average Bonchev–Trinajstić information content (AvgIpc) is 2.85. The van der Waals surface area contributed by atoms with E-state index in [9.17, 15) is 19.1 Å². The lowest BCUT2D eigenvalue weighted by Crippen LogP contribution is -2.55. The summed E-state index contributed by atoms with van der Waals surface area (Å²) >= 11 is 0. The maximum atomic E-state index is 14.4. The Balaban J connectivity index is 2.29. The first-order valence-electron chi connectivity index (χ1n) is 7.56. The SMILES string of the molecule is COCC(C)(NC(=O)c1ccc(-n2nc(C)cc2C)c(F)c1)C(=O)O.